The van der Waals surface area contributed by atoms with Crippen molar-refractivity contribution in [2.45, 2.75) is 50.4 Å². The van der Waals surface area contributed by atoms with Crippen LogP contribution in [0.15, 0.2) is 0 Å². The molecule has 1 amide bonds. The molecule has 1 saturated heterocycles. The first kappa shape index (κ1) is 14.0. The van der Waals surface area contributed by atoms with Gasteiger partial charge >= 0.3 is 6.09 Å². The van der Waals surface area contributed by atoms with Crippen LogP contribution in [0.5, 0.6) is 0 Å². The third-order valence-corrected chi connectivity index (χ3v) is 5.36. The van der Waals surface area contributed by atoms with Gasteiger partial charge in [-0.1, -0.05) is 32.1 Å². The lowest BCUT2D eigenvalue weighted by Gasteiger charge is -2.27. The lowest BCUT2D eigenvalue weighted by atomic mass is 9.85. The summed E-state index contributed by atoms with van der Waals surface area (Å²) >= 11 is 0. The molecular weight excluding hydrogens is 253 g/mol. The average Bonchev–Trinajstić information content (AvgIpc) is 2.73. The maximum Gasteiger partial charge on any atom is 0.408 e. The molecule has 0 aromatic rings. The minimum atomic E-state index is -1.16. The molecule has 1 N–H and O–H groups in total. The van der Waals surface area contributed by atoms with E-state index in [2.05, 4.69) is 5.32 Å². The maximum atomic E-state index is 11.4. The van der Waals surface area contributed by atoms with Crippen LogP contribution in [0, 0.1) is 5.92 Å². The zero-order chi connectivity index (χ0) is 13.0. The van der Waals surface area contributed by atoms with Gasteiger partial charge in [0.05, 0.1) is 6.04 Å². The van der Waals surface area contributed by atoms with Crippen molar-refractivity contribution in [1.82, 2.24) is 5.32 Å². The van der Waals surface area contributed by atoms with Gasteiger partial charge in [0.25, 0.3) is 0 Å². The molecule has 2 atom stereocenters. The van der Waals surface area contributed by atoms with Crippen molar-refractivity contribution in [2.24, 2.45) is 5.92 Å². The summed E-state index contributed by atoms with van der Waals surface area (Å²) in [5.74, 6) is 0.420. The summed E-state index contributed by atoms with van der Waals surface area (Å²) < 4.78 is 15.8. The van der Waals surface area contributed by atoms with Crippen molar-refractivity contribution in [2.75, 3.05) is 14.2 Å². The summed E-state index contributed by atoms with van der Waals surface area (Å²) in [5, 5.41) is 2.90. The molecule has 1 aliphatic heterocycles. The quantitative estimate of drug-likeness (QED) is 0.784. The van der Waals surface area contributed by atoms with Crippen LogP contribution in [-0.2, 0) is 13.8 Å². The van der Waals surface area contributed by atoms with Crippen molar-refractivity contribution in [1.29, 1.82) is 0 Å². The summed E-state index contributed by atoms with van der Waals surface area (Å²) in [6.45, 7) is 0. The van der Waals surface area contributed by atoms with Gasteiger partial charge in [-0.2, -0.15) is 0 Å². The Kier molecular flexibility index (Phi) is 5.22. The van der Waals surface area contributed by atoms with Crippen LogP contribution in [0.3, 0.4) is 0 Å². The molecule has 5 nitrogen and oxygen atoms in total. The second-order valence-electron chi connectivity index (χ2n) is 4.94. The maximum absolute atomic E-state index is 11.4. The Morgan fingerprint density at radius 1 is 1.28 bits per heavy atom. The fourth-order valence-electron chi connectivity index (χ4n) is 2.88. The summed E-state index contributed by atoms with van der Waals surface area (Å²) in [7, 11) is 2.04. The zero-order valence-electron chi connectivity index (χ0n) is 11.1. The van der Waals surface area contributed by atoms with Crippen LogP contribution < -0.4 is 5.32 Å². The molecule has 1 heterocycles. The highest BCUT2D eigenvalue weighted by Gasteiger charge is 2.42. The van der Waals surface area contributed by atoms with E-state index in [1.165, 1.54) is 32.1 Å². The van der Waals surface area contributed by atoms with Crippen molar-refractivity contribution >= 4 is 14.5 Å². The number of amides is 1. The van der Waals surface area contributed by atoms with Gasteiger partial charge in [0, 0.05) is 14.2 Å². The van der Waals surface area contributed by atoms with Crippen molar-refractivity contribution < 1.29 is 18.6 Å². The van der Waals surface area contributed by atoms with E-state index in [0.717, 1.165) is 6.42 Å². The van der Waals surface area contributed by atoms with E-state index in [1.807, 2.05) is 0 Å². The smallest absolute Gasteiger partial charge is 0.408 e. The van der Waals surface area contributed by atoms with Crippen LogP contribution in [0.1, 0.15) is 38.5 Å². The van der Waals surface area contributed by atoms with Crippen LogP contribution in [0.4, 0.5) is 4.79 Å². The van der Waals surface area contributed by atoms with E-state index in [1.54, 1.807) is 14.2 Å². The van der Waals surface area contributed by atoms with Gasteiger partial charge in [0.15, 0.2) is 5.85 Å². The van der Waals surface area contributed by atoms with Gasteiger partial charge in [0.1, 0.15) is 0 Å². The Morgan fingerprint density at radius 3 is 2.56 bits per heavy atom. The predicted octanol–water partition coefficient (Wildman–Crippen LogP) is 3.00. The first-order valence-electron chi connectivity index (χ1n) is 6.59. The molecule has 0 unspecified atom stereocenters. The second kappa shape index (κ2) is 6.69. The van der Waals surface area contributed by atoms with E-state index in [9.17, 15) is 4.79 Å². The van der Waals surface area contributed by atoms with Gasteiger partial charge in [-0.15, -0.1) is 0 Å². The Hall–Kier alpha value is -0.380. The van der Waals surface area contributed by atoms with E-state index < -0.39 is 8.38 Å². The molecule has 18 heavy (non-hydrogen) atoms. The van der Waals surface area contributed by atoms with Crippen molar-refractivity contribution in [3.05, 3.63) is 0 Å². The molecular formula is C12H22NO4P. The fraction of sp³-hybridized carbons (Fsp3) is 0.917. The van der Waals surface area contributed by atoms with Crippen LogP contribution >= 0.6 is 8.38 Å². The third kappa shape index (κ3) is 3.34. The standard InChI is InChI=1S/C12H22NO4P/c1-15-18(16-2)11-10(13-12(14)17-11)8-9-6-4-3-5-7-9/h9-11H,3-8H2,1-2H3,(H,13,14)/t10-,11-/m0/s1. The predicted molar refractivity (Wildman–Crippen MR) is 69.3 cm³/mol. The van der Waals surface area contributed by atoms with Gasteiger partial charge < -0.3 is 19.1 Å². The Labute approximate surface area is 109 Å². The molecule has 2 rings (SSSR count). The normalized spacial score (nSPS) is 29.4. The molecule has 104 valence electrons. The molecule has 2 aliphatic rings. The lowest BCUT2D eigenvalue weighted by Crippen LogP contribution is -2.33. The first-order valence-corrected chi connectivity index (χ1v) is 7.84. The number of ether oxygens (including phenoxy) is 1. The number of carbonyl (C=O) groups excluding carboxylic acids is 1. The third-order valence-electron chi connectivity index (χ3n) is 3.75. The van der Waals surface area contributed by atoms with Gasteiger partial charge in [-0.05, 0) is 12.3 Å². The minimum absolute atomic E-state index is 0.0339. The first-order chi connectivity index (χ1) is 8.74. The second-order valence-corrected chi connectivity index (χ2v) is 6.75. The Bertz CT molecular complexity index is 279. The number of cyclic esters (lactones) is 1. The van der Waals surface area contributed by atoms with E-state index in [4.69, 9.17) is 13.8 Å². The molecule has 2 fully saturated rings. The van der Waals surface area contributed by atoms with Crippen molar-refractivity contribution in [3.63, 3.8) is 0 Å². The van der Waals surface area contributed by atoms with E-state index >= 15 is 0 Å². The number of nitrogens with one attached hydrogen (secondary N) is 1. The summed E-state index contributed by atoms with van der Waals surface area (Å²) in [5.41, 5.74) is 0. The molecule has 0 aromatic carbocycles. The number of alkyl carbamates (subject to hydrolysis) is 1. The highest BCUT2D eigenvalue weighted by Crippen LogP contribution is 2.47. The van der Waals surface area contributed by atoms with Crippen molar-refractivity contribution in [3.8, 4) is 0 Å². The number of hydrogen-bond donors (Lipinski definition) is 1. The zero-order valence-corrected chi connectivity index (χ0v) is 11.9. The van der Waals surface area contributed by atoms with E-state index in [0.29, 0.717) is 5.92 Å². The fourth-order valence-corrected chi connectivity index (χ4v) is 4.11. The van der Waals surface area contributed by atoms with Gasteiger partial charge in [-0.25, -0.2) is 4.79 Å². The van der Waals surface area contributed by atoms with Gasteiger partial charge in [-0.3, -0.25) is 0 Å². The Balaban J connectivity index is 1.93. The highest BCUT2D eigenvalue weighted by molar-refractivity contribution is 7.48. The summed E-state index contributed by atoms with van der Waals surface area (Å²) in [4.78, 5) is 11.4. The highest BCUT2D eigenvalue weighted by atomic mass is 31.2. The molecule has 1 saturated carbocycles. The summed E-state index contributed by atoms with van der Waals surface area (Å²) in [6, 6.07) is 0.0339. The van der Waals surface area contributed by atoms with Gasteiger partial charge in [0.2, 0.25) is 8.38 Å². The number of rotatable bonds is 5. The minimum Gasteiger partial charge on any atom is -0.434 e. The molecule has 0 radical (unpaired) electrons. The molecule has 0 spiro atoms. The molecule has 0 aromatic heterocycles. The van der Waals surface area contributed by atoms with Crippen LogP contribution in [0.2, 0.25) is 0 Å². The Morgan fingerprint density at radius 2 is 1.94 bits per heavy atom. The summed E-state index contributed by atoms with van der Waals surface area (Å²) in [6.07, 6.45) is 7.11. The van der Waals surface area contributed by atoms with Crippen LogP contribution in [-0.4, -0.2) is 32.2 Å². The topological polar surface area (TPSA) is 56.8 Å². The lowest BCUT2D eigenvalue weighted by molar-refractivity contribution is 0.148. The largest absolute Gasteiger partial charge is 0.434 e. The number of hydrogen-bond acceptors (Lipinski definition) is 4. The molecule has 6 heteroatoms. The molecule has 1 aliphatic carbocycles. The number of carbonyl (C=O) groups is 1. The SMILES string of the molecule is COP(OC)[C@@H]1OC(=O)N[C@H]1CC1CCCCC1. The van der Waals surface area contributed by atoms with E-state index in [-0.39, 0.29) is 18.0 Å². The average molecular weight is 275 g/mol. The van der Waals surface area contributed by atoms with Crippen LogP contribution in [0.25, 0.3) is 0 Å². The monoisotopic (exact) mass is 275 g/mol. The molecule has 0 bridgehead atoms.